The maximum atomic E-state index is 12.2. The first-order valence-electron chi connectivity index (χ1n) is 5.84. The predicted octanol–water partition coefficient (Wildman–Crippen LogP) is 0.410. The molecule has 0 saturated carbocycles. The predicted molar refractivity (Wildman–Crippen MR) is 60.2 cm³/mol. The molecule has 2 aliphatic heterocycles. The zero-order chi connectivity index (χ0) is 10.9. The lowest BCUT2D eigenvalue weighted by Gasteiger charge is -2.20. The van der Waals surface area contributed by atoms with Gasteiger partial charge in [0.2, 0.25) is 10.0 Å². The van der Waals surface area contributed by atoms with Gasteiger partial charge in [0, 0.05) is 19.6 Å². The van der Waals surface area contributed by atoms with Crippen molar-refractivity contribution in [3.63, 3.8) is 0 Å². The van der Waals surface area contributed by atoms with Crippen LogP contribution in [0.1, 0.15) is 26.2 Å². The Bertz CT molecular complexity index is 309. The van der Waals surface area contributed by atoms with Gasteiger partial charge in [-0.1, -0.05) is 13.3 Å². The maximum Gasteiger partial charge on any atom is 0.218 e. The number of sulfonamides is 1. The molecule has 0 aliphatic carbocycles. The molecule has 4 nitrogen and oxygen atoms in total. The van der Waals surface area contributed by atoms with Crippen molar-refractivity contribution in [2.24, 2.45) is 5.92 Å². The van der Waals surface area contributed by atoms with E-state index in [1.165, 1.54) is 0 Å². The van der Waals surface area contributed by atoms with Crippen molar-refractivity contribution >= 4 is 10.0 Å². The molecule has 0 radical (unpaired) electrons. The van der Waals surface area contributed by atoms with Crippen molar-refractivity contribution < 1.29 is 8.42 Å². The summed E-state index contributed by atoms with van der Waals surface area (Å²) in [6.45, 7) is 5.09. The van der Waals surface area contributed by atoms with Crippen molar-refractivity contribution in [3.05, 3.63) is 0 Å². The zero-order valence-corrected chi connectivity index (χ0v) is 10.1. The minimum atomic E-state index is -3.01. The van der Waals surface area contributed by atoms with Gasteiger partial charge in [0.05, 0.1) is 5.25 Å². The van der Waals surface area contributed by atoms with Crippen LogP contribution in [0, 0.1) is 5.92 Å². The van der Waals surface area contributed by atoms with E-state index in [-0.39, 0.29) is 5.25 Å². The summed E-state index contributed by atoms with van der Waals surface area (Å²) in [5.74, 6) is 0.578. The quantitative estimate of drug-likeness (QED) is 0.767. The van der Waals surface area contributed by atoms with Crippen molar-refractivity contribution in [2.75, 3.05) is 26.2 Å². The van der Waals surface area contributed by atoms with Crippen molar-refractivity contribution in [3.8, 4) is 0 Å². The second kappa shape index (κ2) is 4.39. The third kappa shape index (κ3) is 2.19. The summed E-state index contributed by atoms with van der Waals surface area (Å²) in [5.41, 5.74) is 0. The van der Waals surface area contributed by atoms with Crippen LogP contribution < -0.4 is 5.32 Å². The van der Waals surface area contributed by atoms with Crippen LogP contribution in [0.4, 0.5) is 0 Å². The summed E-state index contributed by atoms with van der Waals surface area (Å²) in [7, 11) is -3.01. The SMILES string of the molecule is CCC1CCN(S(=O)(=O)C2CCNC2)C1. The Balaban J connectivity index is 2.03. The topological polar surface area (TPSA) is 49.4 Å². The largest absolute Gasteiger partial charge is 0.315 e. The molecule has 0 aromatic carbocycles. The molecule has 2 unspecified atom stereocenters. The minimum Gasteiger partial charge on any atom is -0.315 e. The number of rotatable bonds is 3. The van der Waals surface area contributed by atoms with Gasteiger partial charge in [-0.25, -0.2) is 12.7 Å². The van der Waals surface area contributed by atoms with E-state index >= 15 is 0 Å². The highest BCUT2D eigenvalue weighted by Gasteiger charge is 2.37. The molecule has 1 N–H and O–H groups in total. The number of nitrogens with one attached hydrogen (secondary N) is 1. The average molecular weight is 232 g/mol. The lowest BCUT2D eigenvalue weighted by atomic mass is 10.1. The van der Waals surface area contributed by atoms with E-state index in [1.807, 2.05) is 0 Å². The molecule has 2 rings (SSSR count). The molecular weight excluding hydrogens is 212 g/mol. The standard InChI is InChI=1S/C10H20N2O2S/c1-2-9-4-6-12(8-9)15(13,14)10-3-5-11-7-10/h9-11H,2-8H2,1H3. The van der Waals surface area contributed by atoms with Crippen LogP contribution >= 0.6 is 0 Å². The van der Waals surface area contributed by atoms with Gasteiger partial charge in [0.25, 0.3) is 0 Å². The van der Waals surface area contributed by atoms with Gasteiger partial charge in [-0.05, 0) is 25.3 Å². The fourth-order valence-corrected chi connectivity index (χ4v) is 4.40. The number of nitrogens with zero attached hydrogens (tertiary/aromatic N) is 1. The van der Waals surface area contributed by atoms with Gasteiger partial charge in [0.1, 0.15) is 0 Å². The van der Waals surface area contributed by atoms with Gasteiger partial charge in [-0.2, -0.15) is 0 Å². The minimum absolute atomic E-state index is 0.173. The fourth-order valence-electron chi connectivity index (χ4n) is 2.45. The van der Waals surface area contributed by atoms with Crippen LogP contribution in [-0.2, 0) is 10.0 Å². The Morgan fingerprint density at radius 3 is 2.73 bits per heavy atom. The molecule has 2 atom stereocenters. The number of hydrogen-bond acceptors (Lipinski definition) is 3. The monoisotopic (exact) mass is 232 g/mol. The van der Waals surface area contributed by atoms with Crippen LogP contribution in [0.2, 0.25) is 0 Å². The van der Waals surface area contributed by atoms with E-state index in [2.05, 4.69) is 12.2 Å². The first kappa shape index (κ1) is 11.4. The van der Waals surface area contributed by atoms with Gasteiger partial charge < -0.3 is 5.32 Å². The summed E-state index contributed by atoms with van der Waals surface area (Å²) in [6.07, 6.45) is 2.90. The van der Waals surface area contributed by atoms with Gasteiger partial charge in [-0.15, -0.1) is 0 Å². The Labute approximate surface area is 92.1 Å². The molecule has 5 heteroatoms. The molecule has 2 aliphatic rings. The molecule has 2 fully saturated rings. The van der Waals surface area contributed by atoms with Crippen molar-refractivity contribution in [2.45, 2.75) is 31.4 Å². The van der Waals surface area contributed by atoms with E-state index in [0.717, 1.165) is 38.9 Å². The highest BCUT2D eigenvalue weighted by atomic mass is 32.2. The molecule has 0 amide bonds. The van der Waals surface area contributed by atoms with E-state index in [0.29, 0.717) is 12.5 Å². The van der Waals surface area contributed by atoms with Gasteiger partial charge >= 0.3 is 0 Å². The molecule has 88 valence electrons. The smallest absolute Gasteiger partial charge is 0.218 e. The third-order valence-corrected chi connectivity index (χ3v) is 5.92. The Hall–Kier alpha value is -0.130. The van der Waals surface area contributed by atoms with Crippen molar-refractivity contribution in [1.82, 2.24) is 9.62 Å². The Morgan fingerprint density at radius 2 is 2.20 bits per heavy atom. The molecule has 2 heterocycles. The Kier molecular flexibility index (Phi) is 3.33. The molecule has 2 saturated heterocycles. The van der Waals surface area contributed by atoms with E-state index in [4.69, 9.17) is 0 Å². The van der Waals surface area contributed by atoms with E-state index < -0.39 is 10.0 Å². The molecule has 0 spiro atoms. The summed E-state index contributed by atoms with van der Waals surface area (Å²) in [4.78, 5) is 0. The second-order valence-corrected chi connectivity index (χ2v) is 6.79. The molecule has 0 bridgehead atoms. The molecule has 0 aromatic heterocycles. The maximum absolute atomic E-state index is 12.2. The van der Waals surface area contributed by atoms with Crippen LogP contribution in [0.15, 0.2) is 0 Å². The van der Waals surface area contributed by atoms with Crippen LogP contribution in [0.25, 0.3) is 0 Å². The summed E-state index contributed by atoms with van der Waals surface area (Å²) >= 11 is 0. The second-order valence-electron chi connectivity index (χ2n) is 4.58. The highest BCUT2D eigenvalue weighted by Crippen LogP contribution is 2.25. The van der Waals surface area contributed by atoms with Crippen LogP contribution in [0.3, 0.4) is 0 Å². The van der Waals surface area contributed by atoms with E-state index in [1.54, 1.807) is 4.31 Å². The van der Waals surface area contributed by atoms with Crippen LogP contribution in [-0.4, -0.2) is 44.2 Å². The van der Waals surface area contributed by atoms with E-state index in [9.17, 15) is 8.42 Å². The molecule has 0 aromatic rings. The summed E-state index contributed by atoms with van der Waals surface area (Å²) < 4.78 is 26.1. The highest BCUT2D eigenvalue weighted by molar-refractivity contribution is 7.89. The number of hydrogen-bond donors (Lipinski definition) is 1. The lowest BCUT2D eigenvalue weighted by Crippen LogP contribution is -2.38. The third-order valence-electron chi connectivity index (χ3n) is 3.62. The van der Waals surface area contributed by atoms with Gasteiger partial charge in [-0.3, -0.25) is 0 Å². The molecular formula is C10H20N2O2S. The van der Waals surface area contributed by atoms with Crippen molar-refractivity contribution in [1.29, 1.82) is 0 Å². The zero-order valence-electron chi connectivity index (χ0n) is 9.28. The summed E-state index contributed by atoms with van der Waals surface area (Å²) in [6, 6.07) is 0. The lowest BCUT2D eigenvalue weighted by molar-refractivity contribution is 0.445. The van der Waals surface area contributed by atoms with Crippen LogP contribution in [0.5, 0.6) is 0 Å². The normalized spacial score (nSPS) is 33.7. The summed E-state index contributed by atoms with van der Waals surface area (Å²) in [5, 5.41) is 2.95. The Morgan fingerprint density at radius 1 is 1.40 bits per heavy atom. The fraction of sp³-hybridized carbons (Fsp3) is 1.00. The average Bonchev–Trinajstić information content (AvgIpc) is 2.89. The van der Waals surface area contributed by atoms with Gasteiger partial charge in [0.15, 0.2) is 0 Å². The first-order valence-corrected chi connectivity index (χ1v) is 7.34. The molecule has 15 heavy (non-hydrogen) atoms. The first-order chi connectivity index (χ1) is 7.14.